The van der Waals surface area contributed by atoms with E-state index in [-0.39, 0.29) is 0 Å². The molecule has 0 atom stereocenters. The van der Waals surface area contributed by atoms with Crippen LogP contribution >= 0.6 is 11.3 Å². The van der Waals surface area contributed by atoms with E-state index < -0.39 is 0 Å². The van der Waals surface area contributed by atoms with Gasteiger partial charge in [-0.05, 0) is 0 Å². The van der Waals surface area contributed by atoms with E-state index in [1.807, 2.05) is 6.07 Å². The van der Waals surface area contributed by atoms with Crippen LogP contribution in [0.2, 0.25) is 0 Å². The van der Waals surface area contributed by atoms with Crippen molar-refractivity contribution < 1.29 is 31.0 Å². The number of aromatic nitrogens is 1. The molecule has 46 valence electrons. The van der Waals surface area contributed by atoms with Gasteiger partial charge in [-0.15, -0.1) is 0 Å². The molecule has 10 heavy (non-hydrogen) atoms. The number of benzene rings is 1. The summed E-state index contributed by atoms with van der Waals surface area (Å²) in [6.07, 6.45) is 0. The maximum atomic E-state index is 4.39. The first kappa shape index (κ1) is 6.90. The molecule has 0 amide bonds. The molecule has 0 saturated heterocycles. The number of hydrogen-bond donors (Lipinski definition) is 0. The zero-order valence-corrected chi connectivity index (χ0v) is 8.90. The maximum absolute atomic E-state index is 4.39. The summed E-state index contributed by atoms with van der Waals surface area (Å²) in [6, 6.07) is 8.27. The van der Waals surface area contributed by atoms with Crippen molar-refractivity contribution in [2.24, 2.45) is 0 Å². The van der Waals surface area contributed by atoms with Crippen LogP contribution < -0.4 is 1.82 Å². The second kappa shape index (κ2) is 2.69. The second-order valence-corrected chi connectivity index (χ2v) is 5.45. The summed E-state index contributed by atoms with van der Waals surface area (Å²) in [5.74, 6) is 0. The Bertz CT molecular complexity index is 322. The predicted octanol–water partition coefficient (Wildman–Crippen LogP) is 1.47. The van der Waals surface area contributed by atoms with Gasteiger partial charge < -0.3 is 0 Å². The summed E-state index contributed by atoms with van der Waals surface area (Å²) in [4.78, 5) is 4.39. The Kier molecular flexibility index (Phi) is 1.85. The van der Waals surface area contributed by atoms with Gasteiger partial charge in [-0.1, -0.05) is 0 Å². The Morgan fingerprint density at radius 1 is 1.30 bits per heavy atom. The average molecular weight is 223 g/mol. The molecule has 0 N–H and O–H groups in total. The zero-order chi connectivity index (χ0) is 6.97. The minimum absolute atomic E-state index is 1.13. The summed E-state index contributed by atoms with van der Waals surface area (Å²) in [7, 11) is 0. The van der Waals surface area contributed by atoms with E-state index in [4.69, 9.17) is 0 Å². The van der Waals surface area contributed by atoms with Crippen LogP contribution in [0, 0.1) is 0 Å². The van der Waals surface area contributed by atoms with Gasteiger partial charge in [0.05, 0.1) is 0 Å². The fourth-order valence-electron chi connectivity index (χ4n) is 0.890. The average Bonchev–Trinajstić information content (AvgIpc) is 2.27. The van der Waals surface area contributed by atoms with Crippen LogP contribution in [0.5, 0.6) is 0 Å². The van der Waals surface area contributed by atoms with E-state index in [0.29, 0.717) is 0 Å². The van der Waals surface area contributed by atoms with Gasteiger partial charge in [-0.2, -0.15) is 0 Å². The Hall–Kier alpha value is 0.214. The third-order valence-corrected chi connectivity index (χ3v) is 3.36. The Labute approximate surface area is 82.9 Å². The molecule has 3 heteroatoms. The fraction of sp³-hybridized carbons (Fsp3) is 0. The number of thiazole rings is 1. The summed E-state index contributed by atoms with van der Waals surface area (Å²) in [5, 5.41) is 0. The molecule has 0 aliphatic rings. The normalized spacial score (nSPS) is 10.3. The van der Waals surface area contributed by atoms with Crippen LogP contribution in [0.4, 0.5) is 0 Å². The molecule has 0 bridgehead atoms. The van der Waals surface area contributed by atoms with Crippen molar-refractivity contribution in [1.29, 1.82) is 0 Å². The Morgan fingerprint density at radius 2 is 2.10 bits per heavy atom. The SMILES string of the molecule is [Y][c]1nc2ccccc2s1. The first-order chi connectivity index (χ1) is 4.86. The van der Waals surface area contributed by atoms with E-state index in [0.717, 1.165) is 36.5 Å². The third-order valence-electron chi connectivity index (χ3n) is 1.31. The monoisotopic (exact) mass is 223 g/mol. The molecule has 0 spiro atoms. The van der Waals surface area contributed by atoms with Gasteiger partial charge in [0.15, 0.2) is 0 Å². The summed E-state index contributed by atoms with van der Waals surface area (Å²) < 4.78 is 2.58. The number of rotatable bonds is 0. The van der Waals surface area contributed by atoms with Crippen LogP contribution in [0.15, 0.2) is 24.3 Å². The van der Waals surface area contributed by atoms with Crippen LogP contribution in [-0.2, 0) is 31.0 Å². The van der Waals surface area contributed by atoms with Crippen LogP contribution in [-0.4, -0.2) is 4.98 Å². The number of nitrogens with zero attached hydrogens (tertiary/aromatic N) is 1. The molecule has 1 aromatic heterocycles. The number of para-hydroxylation sites is 1. The molecule has 1 aromatic carbocycles. The van der Waals surface area contributed by atoms with Gasteiger partial charge in [0, 0.05) is 0 Å². The van der Waals surface area contributed by atoms with Crippen molar-refractivity contribution in [3.05, 3.63) is 24.3 Å². The van der Waals surface area contributed by atoms with Gasteiger partial charge in [0.25, 0.3) is 0 Å². The molecular formula is C7H4NSY. The minimum atomic E-state index is 1.13. The van der Waals surface area contributed by atoms with E-state index >= 15 is 0 Å². The summed E-state index contributed by atoms with van der Waals surface area (Å²) in [5.41, 5.74) is 1.15. The fourth-order valence-corrected chi connectivity index (χ4v) is 2.90. The van der Waals surface area contributed by atoms with E-state index in [2.05, 4.69) is 23.2 Å². The standard InChI is InChI=1S/C7H4NS.Y/c1-2-4-7-6(3-1)8-5-9-7;/h1-4H;. The first-order valence-corrected chi connectivity index (χ1v) is 5.21. The quantitative estimate of drug-likeness (QED) is 0.659. The van der Waals surface area contributed by atoms with E-state index in [1.54, 1.807) is 11.3 Å². The van der Waals surface area contributed by atoms with Crippen molar-refractivity contribution in [2.75, 3.05) is 0 Å². The van der Waals surface area contributed by atoms with Crippen molar-refractivity contribution in [1.82, 2.24) is 4.98 Å². The molecule has 2 rings (SSSR count). The molecule has 1 heterocycles. The van der Waals surface area contributed by atoms with Gasteiger partial charge in [-0.25, -0.2) is 0 Å². The third kappa shape index (κ3) is 1.16. The van der Waals surface area contributed by atoms with Crippen molar-refractivity contribution in [3.8, 4) is 0 Å². The van der Waals surface area contributed by atoms with Crippen molar-refractivity contribution in [2.45, 2.75) is 0 Å². The molecule has 0 aliphatic heterocycles. The summed E-state index contributed by atoms with van der Waals surface area (Å²) >= 11 is 2.93. The van der Waals surface area contributed by atoms with Crippen molar-refractivity contribution in [3.63, 3.8) is 0 Å². The van der Waals surface area contributed by atoms with Crippen LogP contribution in [0.25, 0.3) is 10.2 Å². The molecular weight excluding hydrogens is 219 g/mol. The van der Waals surface area contributed by atoms with Crippen molar-refractivity contribution >= 4 is 23.4 Å². The molecule has 0 fully saturated rings. The van der Waals surface area contributed by atoms with E-state index in [1.165, 1.54) is 6.52 Å². The molecule has 0 saturated carbocycles. The van der Waals surface area contributed by atoms with Crippen LogP contribution in [0.3, 0.4) is 0 Å². The van der Waals surface area contributed by atoms with E-state index in [9.17, 15) is 0 Å². The van der Waals surface area contributed by atoms with Gasteiger partial charge in [0.2, 0.25) is 0 Å². The second-order valence-electron chi connectivity index (χ2n) is 2.02. The zero-order valence-electron chi connectivity index (χ0n) is 5.24. The molecule has 0 radical (unpaired) electrons. The topological polar surface area (TPSA) is 12.9 Å². The Morgan fingerprint density at radius 3 is 2.90 bits per heavy atom. The van der Waals surface area contributed by atoms with Gasteiger partial charge in [0.1, 0.15) is 0 Å². The Balaban J connectivity index is 2.88. The molecule has 0 aliphatic carbocycles. The summed E-state index contributed by atoms with van der Waals surface area (Å²) in [6.45, 7) is 0. The van der Waals surface area contributed by atoms with Gasteiger partial charge in [-0.3, -0.25) is 0 Å². The predicted molar refractivity (Wildman–Crippen MR) is 39.3 cm³/mol. The molecule has 2 aromatic rings. The number of hydrogen-bond acceptors (Lipinski definition) is 2. The molecule has 0 unspecified atom stereocenters. The van der Waals surface area contributed by atoms with Gasteiger partial charge >= 0.3 is 83.6 Å². The molecule has 1 nitrogen and oxygen atoms in total. The number of fused-ring (bicyclic) bond motifs is 1. The first-order valence-electron chi connectivity index (χ1n) is 2.97. The van der Waals surface area contributed by atoms with Crippen LogP contribution in [0.1, 0.15) is 0 Å².